The van der Waals surface area contributed by atoms with Crippen LogP contribution in [0.1, 0.15) is 59.9 Å². The van der Waals surface area contributed by atoms with Gasteiger partial charge in [0.2, 0.25) is 0 Å². The predicted octanol–water partition coefficient (Wildman–Crippen LogP) is 3.93. The molecule has 0 radical (unpaired) electrons. The van der Waals surface area contributed by atoms with E-state index in [4.69, 9.17) is 9.47 Å². The summed E-state index contributed by atoms with van der Waals surface area (Å²) < 4.78 is 11.8. The number of ether oxygens (including phenoxy) is 2. The number of nitro groups is 1. The van der Waals surface area contributed by atoms with Crippen molar-refractivity contribution in [3.63, 3.8) is 0 Å². The molecule has 0 spiro atoms. The average Bonchev–Trinajstić information content (AvgIpc) is 3.08. The summed E-state index contributed by atoms with van der Waals surface area (Å²) in [7, 11) is 2.64. The number of carbonyl (C=O) groups excluding carboxylic acids is 1. The first-order valence-electron chi connectivity index (χ1n) is 8.97. The number of hydrogen-bond acceptors (Lipinski definition) is 6. The maximum Gasteiger partial charge on any atom is 0.341 e. The summed E-state index contributed by atoms with van der Waals surface area (Å²) in [5.41, 5.74) is 0.962. The number of imidazole rings is 1. The highest BCUT2D eigenvalue weighted by atomic mass is 16.6. The Morgan fingerprint density at radius 3 is 2.56 bits per heavy atom. The van der Waals surface area contributed by atoms with Crippen LogP contribution in [0.3, 0.4) is 0 Å². The molecule has 3 rings (SSSR count). The first-order chi connectivity index (χ1) is 13.0. The molecule has 0 amide bonds. The molecule has 0 atom stereocenters. The molecule has 1 heterocycles. The van der Waals surface area contributed by atoms with Crippen LogP contribution in [0.5, 0.6) is 5.75 Å². The monoisotopic (exact) mass is 373 g/mol. The number of aromatic nitrogens is 2. The molecule has 1 aliphatic carbocycles. The van der Waals surface area contributed by atoms with E-state index in [1.807, 2.05) is 6.92 Å². The van der Waals surface area contributed by atoms with E-state index in [1.165, 1.54) is 32.8 Å². The number of nitro benzene ring substituents is 1. The Morgan fingerprint density at radius 1 is 1.26 bits per heavy atom. The Balaban J connectivity index is 2.19. The van der Waals surface area contributed by atoms with E-state index in [-0.39, 0.29) is 22.9 Å². The van der Waals surface area contributed by atoms with Crippen LogP contribution in [-0.4, -0.2) is 34.7 Å². The standard InChI is InChI=1S/C19H23N3O5/c1-12-11-21(18(20-12)13-7-5-4-6-8-13)15-10-17(26-2)14(19(23)27-3)9-16(15)22(24)25/h9-11,13H,4-8H2,1-3H3. The van der Waals surface area contributed by atoms with E-state index in [0.717, 1.165) is 37.2 Å². The molecule has 0 saturated heterocycles. The van der Waals surface area contributed by atoms with E-state index in [2.05, 4.69) is 4.98 Å². The molecule has 8 heteroatoms. The van der Waals surface area contributed by atoms with E-state index < -0.39 is 10.9 Å². The van der Waals surface area contributed by atoms with Gasteiger partial charge < -0.3 is 9.47 Å². The molecule has 1 aliphatic rings. The third-order valence-electron chi connectivity index (χ3n) is 4.98. The topological polar surface area (TPSA) is 96.5 Å². The molecule has 0 bridgehead atoms. The predicted molar refractivity (Wildman–Crippen MR) is 98.7 cm³/mol. The van der Waals surface area contributed by atoms with Gasteiger partial charge in [-0.05, 0) is 19.8 Å². The van der Waals surface area contributed by atoms with Gasteiger partial charge in [0, 0.05) is 24.2 Å². The van der Waals surface area contributed by atoms with Crippen molar-refractivity contribution < 1.29 is 19.2 Å². The van der Waals surface area contributed by atoms with Crippen LogP contribution >= 0.6 is 0 Å². The van der Waals surface area contributed by atoms with E-state index in [1.54, 1.807) is 10.8 Å². The number of esters is 1. The summed E-state index contributed by atoms with van der Waals surface area (Å²) in [6.07, 6.45) is 7.29. The maximum absolute atomic E-state index is 12.0. The molecule has 0 N–H and O–H groups in total. The second-order valence-electron chi connectivity index (χ2n) is 6.74. The molecular weight excluding hydrogens is 350 g/mol. The number of benzene rings is 1. The molecule has 1 aromatic carbocycles. The van der Waals surface area contributed by atoms with Crippen LogP contribution < -0.4 is 4.74 Å². The Hall–Kier alpha value is -2.90. The summed E-state index contributed by atoms with van der Waals surface area (Å²) in [4.78, 5) is 27.9. The maximum atomic E-state index is 12.0. The van der Waals surface area contributed by atoms with Crippen molar-refractivity contribution in [2.45, 2.75) is 44.9 Å². The van der Waals surface area contributed by atoms with E-state index >= 15 is 0 Å². The van der Waals surface area contributed by atoms with Gasteiger partial charge >= 0.3 is 5.97 Å². The van der Waals surface area contributed by atoms with Crippen LogP contribution in [0.2, 0.25) is 0 Å². The van der Waals surface area contributed by atoms with Crippen molar-refractivity contribution >= 4 is 11.7 Å². The van der Waals surface area contributed by atoms with Gasteiger partial charge in [-0.3, -0.25) is 14.7 Å². The fraction of sp³-hybridized carbons (Fsp3) is 0.474. The van der Waals surface area contributed by atoms with Gasteiger partial charge in [-0.15, -0.1) is 0 Å². The number of carbonyl (C=O) groups is 1. The second-order valence-corrected chi connectivity index (χ2v) is 6.74. The lowest BCUT2D eigenvalue weighted by Crippen LogP contribution is -2.13. The van der Waals surface area contributed by atoms with Crippen LogP contribution in [0.4, 0.5) is 5.69 Å². The highest BCUT2D eigenvalue weighted by Crippen LogP contribution is 2.37. The van der Waals surface area contributed by atoms with Gasteiger partial charge in [0.15, 0.2) is 0 Å². The van der Waals surface area contributed by atoms with Crippen LogP contribution in [0.15, 0.2) is 18.3 Å². The number of rotatable bonds is 5. The molecule has 2 aromatic rings. The van der Waals surface area contributed by atoms with Gasteiger partial charge in [0.05, 0.1) is 24.8 Å². The minimum absolute atomic E-state index is 0.0199. The number of aryl methyl sites for hydroxylation is 1. The number of hydrogen-bond donors (Lipinski definition) is 0. The zero-order valence-electron chi connectivity index (χ0n) is 15.7. The summed E-state index contributed by atoms with van der Waals surface area (Å²) in [6, 6.07) is 2.72. The lowest BCUT2D eigenvalue weighted by atomic mass is 9.88. The number of methoxy groups -OCH3 is 2. The highest BCUT2D eigenvalue weighted by molar-refractivity contribution is 5.94. The quantitative estimate of drug-likeness (QED) is 0.447. The van der Waals surface area contributed by atoms with Crippen molar-refractivity contribution in [1.82, 2.24) is 9.55 Å². The second kappa shape index (κ2) is 7.77. The summed E-state index contributed by atoms with van der Waals surface area (Å²) in [5.74, 6) is 0.626. The summed E-state index contributed by atoms with van der Waals surface area (Å²) in [5, 5.41) is 11.7. The average molecular weight is 373 g/mol. The van der Waals surface area contributed by atoms with Gasteiger partial charge in [-0.2, -0.15) is 0 Å². The van der Waals surface area contributed by atoms with Gasteiger partial charge in [0.1, 0.15) is 22.8 Å². The Bertz CT molecular complexity index is 868. The van der Waals surface area contributed by atoms with Crippen molar-refractivity contribution in [2.24, 2.45) is 0 Å². The molecule has 27 heavy (non-hydrogen) atoms. The zero-order chi connectivity index (χ0) is 19.6. The van der Waals surface area contributed by atoms with Gasteiger partial charge in [-0.1, -0.05) is 19.3 Å². The summed E-state index contributed by atoms with van der Waals surface area (Å²) >= 11 is 0. The van der Waals surface area contributed by atoms with Crippen molar-refractivity contribution in [3.8, 4) is 11.4 Å². The molecule has 0 unspecified atom stereocenters. The first-order valence-corrected chi connectivity index (χ1v) is 8.97. The first kappa shape index (κ1) is 18.9. The van der Waals surface area contributed by atoms with E-state index in [9.17, 15) is 14.9 Å². The molecule has 1 saturated carbocycles. The van der Waals surface area contributed by atoms with E-state index in [0.29, 0.717) is 5.69 Å². The zero-order valence-corrected chi connectivity index (χ0v) is 15.7. The third-order valence-corrected chi connectivity index (χ3v) is 4.98. The van der Waals surface area contributed by atoms with Crippen LogP contribution in [-0.2, 0) is 4.74 Å². The minimum atomic E-state index is -0.684. The number of nitrogens with zero attached hydrogens (tertiary/aromatic N) is 3. The molecule has 0 aliphatic heterocycles. The van der Waals surface area contributed by atoms with Crippen molar-refractivity contribution in [2.75, 3.05) is 14.2 Å². The Labute approximate surface area is 157 Å². The largest absolute Gasteiger partial charge is 0.496 e. The molecular formula is C19H23N3O5. The lowest BCUT2D eigenvalue weighted by molar-refractivity contribution is -0.384. The third kappa shape index (κ3) is 3.65. The van der Waals surface area contributed by atoms with Gasteiger partial charge in [0.25, 0.3) is 5.69 Å². The van der Waals surface area contributed by atoms with Crippen LogP contribution in [0, 0.1) is 17.0 Å². The SMILES string of the molecule is COC(=O)c1cc([N+](=O)[O-])c(-n2cc(C)nc2C2CCCCC2)cc1OC. The molecule has 1 aromatic heterocycles. The fourth-order valence-electron chi connectivity index (χ4n) is 3.69. The Morgan fingerprint density at radius 2 is 1.96 bits per heavy atom. The molecule has 144 valence electrons. The highest BCUT2D eigenvalue weighted by Gasteiger charge is 2.28. The summed E-state index contributed by atoms with van der Waals surface area (Å²) in [6.45, 7) is 1.87. The Kier molecular flexibility index (Phi) is 5.43. The fourth-order valence-corrected chi connectivity index (χ4v) is 3.69. The minimum Gasteiger partial charge on any atom is -0.496 e. The smallest absolute Gasteiger partial charge is 0.341 e. The normalized spacial score (nSPS) is 14.8. The lowest BCUT2D eigenvalue weighted by Gasteiger charge is -2.22. The van der Waals surface area contributed by atoms with Crippen molar-refractivity contribution in [3.05, 3.63) is 45.5 Å². The van der Waals surface area contributed by atoms with Gasteiger partial charge in [-0.25, -0.2) is 9.78 Å². The van der Waals surface area contributed by atoms with Crippen molar-refractivity contribution in [1.29, 1.82) is 0 Å². The molecule has 8 nitrogen and oxygen atoms in total. The van der Waals surface area contributed by atoms with Crippen LogP contribution in [0.25, 0.3) is 5.69 Å². The molecule has 1 fully saturated rings.